The summed E-state index contributed by atoms with van der Waals surface area (Å²) in [6.45, 7) is 5.06. The summed E-state index contributed by atoms with van der Waals surface area (Å²) < 4.78 is 19.2. The quantitative estimate of drug-likeness (QED) is 0.531. The Morgan fingerprint density at radius 1 is 1.07 bits per heavy atom. The number of H-pyrrole nitrogens is 1. The normalized spacial score (nSPS) is 25.1. The van der Waals surface area contributed by atoms with Gasteiger partial charge in [0.1, 0.15) is 18.3 Å². The maximum absolute atomic E-state index is 12.2. The van der Waals surface area contributed by atoms with E-state index in [1.54, 1.807) is 0 Å². The lowest BCUT2D eigenvalue weighted by Gasteiger charge is -2.25. The molecule has 2 N–H and O–H groups in total. The number of aromatic nitrogens is 2. The van der Waals surface area contributed by atoms with Gasteiger partial charge in [0.05, 0.1) is 6.61 Å². The first kappa shape index (κ1) is 21.8. The molecule has 4 atom stereocenters. The van der Waals surface area contributed by atoms with Gasteiger partial charge in [0.25, 0.3) is 5.56 Å². The van der Waals surface area contributed by atoms with E-state index in [4.69, 9.17) is 14.2 Å². The van der Waals surface area contributed by atoms with Crippen molar-refractivity contribution in [1.29, 1.82) is 0 Å². The first-order valence-electron chi connectivity index (χ1n) is 9.93. The van der Waals surface area contributed by atoms with Crippen LogP contribution >= 0.6 is 0 Å². The van der Waals surface area contributed by atoms with Crippen LogP contribution in [-0.2, 0) is 14.2 Å². The van der Waals surface area contributed by atoms with Crippen LogP contribution in [0.15, 0.2) is 21.9 Å². The number of nitrogens with one attached hydrogen (secondary N) is 1. The van der Waals surface area contributed by atoms with Crippen LogP contribution in [0.1, 0.15) is 58.6 Å². The smallest absolute Gasteiger partial charge is 0.330 e. The SMILES string of the molecule is CCCCCOC1C(OCCCCC)[C@@H](n2ccc(=O)[nH]c2=O)O[C@H]1CO. The molecule has 1 aromatic rings. The molecule has 0 bridgehead atoms. The zero-order valence-corrected chi connectivity index (χ0v) is 16.3. The minimum absolute atomic E-state index is 0.234. The number of nitrogens with zero attached hydrogens (tertiary/aromatic N) is 1. The summed E-state index contributed by atoms with van der Waals surface area (Å²) >= 11 is 0. The van der Waals surface area contributed by atoms with Crippen molar-refractivity contribution in [3.8, 4) is 0 Å². The molecule has 2 unspecified atom stereocenters. The Morgan fingerprint density at radius 2 is 1.70 bits per heavy atom. The van der Waals surface area contributed by atoms with Crippen LogP contribution in [0.4, 0.5) is 0 Å². The third-order valence-corrected chi connectivity index (χ3v) is 4.71. The average molecular weight is 384 g/mol. The predicted octanol–water partition coefficient (Wildman–Crippen LogP) is 1.58. The van der Waals surface area contributed by atoms with E-state index in [1.807, 2.05) is 0 Å². The van der Waals surface area contributed by atoms with Gasteiger partial charge in [-0.3, -0.25) is 14.3 Å². The summed E-state index contributed by atoms with van der Waals surface area (Å²) in [5.74, 6) is 0. The van der Waals surface area contributed by atoms with E-state index in [2.05, 4.69) is 18.8 Å². The first-order valence-corrected chi connectivity index (χ1v) is 9.93. The number of hydrogen-bond acceptors (Lipinski definition) is 6. The van der Waals surface area contributed by atoms with Gasteiger partial charge < -0.3 is 19.3 Å². The van der Waals surface area contributed by atoms with Crippen LogP contribution in [0.2, 0.25) is 0 Å². The molecule has 2 rings (SSSR count). The Morgan fingerprint density at radius 3 is 2.26 bits per heavy atom. The van der Waals surface area contributed by atoms with Gasteiger partial charge in [-0.05, 0) is 12.8 Å². The van der Waals surface area contributed by atoms with Crippen LogP contribution in [0.5, 0.6) is 0 Å². The molecule has 1 saturated heterocycles. The van der Waals surface area contributed by atoms with Gasteiger partial charge >= 0.3 is 5.69 Å². The Hall–Kier alpha value is -1.48. The van der Waals surface area contributed by atoms with E-state index < -0.39 is 35.8 Å². The van der Waals surface area contributed by atoms with E-state index in [1.165, 1.54) is 16.8 Å². The number of ether oxygens (including phenoxy) is 3. The highest BCUT2D eigenvalue weighted by Crippen LogP contribution is 2.33. The summed E-state index contributed by atoms with van der Waals surface area (Å²) in [6.07, 6.45) is 5.09. The molecular formula is C19H32N2O6. The van der Waals surface area contributed by atoms with Gasteiger partial charge in [0.15, 0.2) is 6.23 Å². The molecule has 27 heavy (non-hydrogen) atoms. The van der Waals surface area contributed by atoms with Gasteiger partial charge in [-0.15, -0.1) is 0 Å². The average Bonchev–Trinajstić information content (AvgIpc) is 3.00. The largest absolute Gasteiger partial charge is 0.394 e. The number of aromatic amines is 1. The summed E-state index contributed by atoms with van der Waals surface area (Å²) in [6, 6.07) is 1.27. The number of aliphatic hydroxyl groups excluding tert-OH is 1. The van der Waals surface area contributed by atoms with Crippen LogP contribution < -0.4 is 11.2 Å². The van der Waals surface area contributed by atoms with Crippen molar-refractivity contribution in [2.75, 3.05) is 19.8 Å². The molecule has 0 aliphatic carbocycles. The summed E-state index contributed by atoms with van der Waals surface area (Å²) in [5.41, 5.74) is -1.04. The highest BCUT2D eigenvalue weighted by Gasteiger charge is 2.47. The molecule has 8 nitrogen and oxygen atoms in total. The third kappa shape index (κ3) is 6.00. The molecule has 0 saturated carbocycles. The topological polar surface area (TPSA) is 103 Å². The zero-order valence-electron chi connectivity index (χ0n) is 16.3. The molecule has 154 valence electrons. The highest BCUT2D eigenvalue weighted by molar-refractivity contribution is 4.95. The van der Waals surface area contributed by atoms with Gasteiger partial charge in [-0.1, -0.05) is 39.5 Å². The Labute approximate surface area is 159 Å². The van der Waals surface area contributed by atoms with Crippen LogP contribution in [0.25, 0.3) is 0 Å². The molecule has 1 aromatic heterocycles. The lowest BCUT2D eigenvalue weighted by molar-refractivity contribution is -0.0820. The maximum Gasteiger partial charge on any atom is 0.330 e. The molecule has 0 aromatic carbocycles. The van der Waals surface area contributed by atoms with Crippen LogP contribution in [0.3, 0.4) is 0 Å². The van der Waals surface area contributed by atoms with Crippen molar-refractivity contribution in [2.45, 2.75) is 76.9 Å². The maximum atomic E-state index is 12.2. The zero-order chi connectivity index (χ0) is 19.6. The summed E-state index contributed by atoms with van der Waals surface area (Å²) in [7, 11) is 0. The van der Waals surface area contributed by atoms with Crippen molar-refractivity contribution in [3.63, 3.8) is 0 Å². The van der Waals surface area contributed by atoms with Gasteiger partial charge in [-0.2, -0.15) is 0 Å². The van der Waals surface area contributed by atoms with Gasteiger partial charge in [0.2, 0.25) is 0 Å². The fourth-order valence-corrected chi connectivity index (χ4v) is 3.23. The minimum atomic E-state index is -0.760. The van der Waals surface area contributed by atoms with E-state index in [9.17, 15) is 14.7 Å². The van der Waals surface area contributed by atoms with Gasteiger partial charge in [-0.25, -0.2) is 4.79 Å². The third-order valence-electron chi connectivity index (χ3n) is 4.71. The molecule has 1 aliphatic heterocycles. The van der Waals surface area contributed by atoms with E-state index >= 15 is 0 Å². The monoisotopic (exact) mass is 384 g/mol. The van der Waals surface area contributed by atoms with Crippen molar-refractivity contribution in [1.82, 2.24) is 9.55 Å². The summed E-state index contributed by atoms with van der Waals surface area (Å²) in [5, 5.41) is 9.74. The lowest BCUT2D eigenvalue weighted by Crippen LogP contribution is -2.41. The van der Waals surface area contributed by atoms with Crippen molar-refractivity contribution in [3.05, 3.63) is 33.1 Å². The van der Waals surface area contributed by atoms with Crippen LogP contribution in [0, 0.1) is 0 Å². The first-order chi connectivity index (χ1) is 13.1. The number of rotatable bonds is 12. The standard InChI is InChI=1S/C19H32N2O6/c1-3-5-7-11-25-16-14(13-22)27-18(17(16)26-12-8-6-4-2)21-10-9-15(23)20-19(21)24/h9-10,14,16-18,22H,3-8,11-13H2,1-2H3,(H,20,23,24)/t14-,16?,17?,18-/m0/s1. The van der Waals surface area contributed by atoms with Gasteiger partial charge in [0, 0.05) is 25.5 Å². The predicted molar refractivity (Wildman–Crippen MR) is 101 cm³/mol. The molecule has 1 aliphatic rings. The number of unbranched alkanes of at least 4 members (excludes halogenated alkanes) is 4. The minimum Gasteiger partial charge on any atom is -0.394 e. The molecule has 0 spiro atoms. The second-order valence-corrected chi connectivity index (χ2v) is 6.85. The molecular weight excluding hydrogens is 352 g/mol. The van der Waals surface area contributed by atoms with Crippen molar-refractivity contribution >= 4 is 0 Å². The second-order valence-electron chi connectivity index (χ2n) is 6.85. The van der Waals surface area contributed by atoms with E-state index in [0.717, 1.165) is 38.5 Å². The number of aliphatic hydroxyl groups is 1. The molecule has 0 amide bonds. The highest BCUT2D eigenvalue weighted by atomic mass is 16.6. The molecule has 0 radical (unpaired) electrons. The molecule has 1 fully saturated rings. The lowest BCUT2D eigenvalue weighted by atomic mass is 10.1. The second kappa shape index (κ2) is 11.4. The Kier molecular flexibility index (Phi) is 9.20. The van der Waals surface area contributed by atoms with Crippen LogP contribution in [-0.4, -0.2) is 52.8 Å². The van der Waals surface area contributed by atoms with E-state index in [0.29, 0.717) is 13.2 Å². The Bertz CT molecular complexity index is 658. The number of hydrogen-bond donors (Lipinski definition) is 2. The van der Waals surface area contributed by atoms with Crippen molar-refractivity contribution in [2.24, 2.45) is 0 Å². The van der Waals surface area contributed by atoms with Crippen molar-refractivity contribution < 1.29 is 19.3 Å². The fourth-order valence-electron chi connectivity index (χ4n) is 3.23. The van der Waals surface area contributed by atoms with E-state index in [-0.39, 0.29) is 6.61 Å². The summed E-state index contributed by atoms with van der Waals surface area (Å²) in [4.78, 5) is 25.8. The Balaban J connectivity index is 2.18. The molecule has 2 heterocycles. The molecule has 8 heteroatoms. The fraction of sp³-hybridized carbons (Fsp3) is 0.789.